The minimum absolute atomic E-state index is 0.00653. The van der Waals surface area contributed by atoms with E-state index in [0.29, 0.717) is 11.6 Å². The van der Waals surface area contributed by atoms with Gasteiger partial charge in [0.25, 0.3) is 5.91 Å². The summed E-state index contributed by atoms with van der Waals surface area (Å²) in [5, 5.41) is 3.35. The maximum atomic E-state index is 14.6. The van der Waals surface area contributed by atoms with E-state index in [1.807, 2.05) is 41.3 Å². The Bertz CT molecular complexity index is 1100. The van der Waals surface area contributed by atoms with Crippen LogP contribution in [0, 0.1) is 5.92 Å². The maximum absolute atomic E-state index is 14.6. The highest BCUT2D eigenvalue weighted by Gasteiger charge is 2.39. The number of carbonyl (C=O) groups is 2. The average Bonchev–Trinajstić information content (AvgIpc) is 3.52. The second-order valence-electron chi connectivity index (χ2n) is 12.0. The standard InChI is InChI=1S/C32H45N5O2/c1-23(2)29(30(38)33-25-16-8-4-9-17-25)37(26-18-10-5-11-19-26)31(39)28-22-27(24-14-6-3-7-15-24)34-32(35-28)36-20-12-13-21-36/h3,6-7,14-15,22-23,25-26,29H,4-5,8-13,16-21H2,1-2H3,(H,33,38)/t29-/m0/s1. The number of carbonyl (C=O) groups excluding carboxylic acids is 2. The monoisotopic (exact) mass is 531 g/mol. The summed E-state index contributed by atoms with van der Waals surface area (Å²) in [5.41, 5.74) is 2.12. The Hall–Kier alpha value is -2.96. The lowest BCUT2D eigenvalue weighted by Gasteiger charge is -2.41. The van der Waals surface area contributed by atoms with Gasteiger partial charge in [-0.15, -0.1) is 0 Å². The molecule has 39 heavy (non-hydrogen) atoms. The third kappa shape index (κ3) is 6.62. The Labute approximate surface area is 233 Å². The van der Waals surface area contributed by atoms with Gasteiger partial charge in [0.15, 0.2) is 0 Å². The van der Waals surface area contributed by atoms with Crippen LogP contribution in [0.3, 0.4) is 0 Å². The molecule has 210 valence electrons. The predicted octanol–water partition coefficient (Wildman–Crippen LogP) is 5.99. The molecule has 7 heteroatoms. The van der Waals surface area contributed by atoms with Crippen molar-refractivity contribution in [3.8, 4) is 11.3 Å². The Kier molecular flexibility index (Phi) is 9.15. The van der Waals surface area contributed by atoms with Gasteiger partial charge >= 0.3 is 0 Å². The lowest BCUT2D eigenvalue weighted by atomic mass is 9.89. The number of benzene rings is 1. The first-order valence-electron chi connectivity index (χ1n) is 15.3. The van der Waals surface area contributed by atoms with Crippen LogP contribution in [-0.2, 0) is 4.79 Å². The van der Waals surface area contributed by atoms with E-state index in [1.165, 1.54) is 12.8 Å². The minimum Gasteiger partial charge on any atom is -0.352 e. The highest BCUT2D eigenvalue weighted by Crippen LogP contribution is 2.30. The molecule has 2 amide bonds. The molecule has 5 rings (SSSR count). The van der Waals surface area contributed by atoms with Gasteiger partial charge in [0.2, 0.25) is 11.9 Å². The van der Waals surface area contributed by atoms with Gasteiger partial charge in [-0.2, -0.15) is 0 Å². The van der Waals surface area contributed by atoms with Gasteiger partial charge in [-0.1, -0.05) is 82.7 Å². The van der Waals surface area contributed by atoms with Crippen molar-refractivity contribution in [2.45, 2.75) is 109 Å². The minimum atomic E-state index is -0.520. The van der Waals surface area contributed by atoms with Crippen molar-refractivity contribution < 1.29 is 9.59 Å². The fourth-order valence-corrected chi connectivity index (χ4v) is 6.65. The number of hydrogen-bond donors (Lipinski definition) is 1. The number of hydrogen-bond acceptors (Lipinski definition) is 5. The topological polar surface area (TPSA) is 78.4 Å². The summed E-state index contributed by atoms with van der Waals surface area (Å²) >= 11 is 0. The number of anilines is 1. The van der Waals surface area contributed by atoms with Gasteiger partial charge in [0.1, 0.15) is 11.7 Å². The van der Waals surface area contributed by atoms with Gasteiger partial charge in [-0.05, 0) is 50.5 Å². The fourth-order valence-electron chi connectivity index (χ4n) is 6.65. The molecule has 2 aromatic rings. The van der Waals surface area contributed by atoms with Crippen molar-refractivity contribution in [3.63, 3.8) is 0 Å². The number of rotatable bonds is 8. The van der Waals surface area contributed by atoms with Crippen molar-refractivity contribution in [1.82, 2.24) is 20.2 Å². The molecule has 3 aliphatic rings. The Morgan fingerprint density at radius 3 is 2.15 bits per heavy atom. The van der Waals surface area contributed by atoms with Crippen molar-refractivity contribution in [1.29, 1.82) is 0 Å². The summed E-state index contributed by atoms with van der Waals surface area (Å²) in [5.74, 6) is 0.467. The van der Waals surface area contributed by atoms with Crippen molar-refractivity contribution in [2.24, 2.45) is 5.92 Å². The zero-order valence-electron chi connectivity index (χ0n) is 23.8. The van der Waals surface area contributed by atoms with Crippen LogP contribution in [0.5, 0.6) is 0 Å². The smallest absolute Gasteiger partial charge is 0.273 e. The molecule has 0 radical (unpaired) electrons. The second-order valence-corrected chi connectivity index (χ2v) is 12.0. The molecule has 0 bridgehead atoms. The lowest BCUT2D eigenvalue weighted by Crippen LogP contribution is -2.58. The molecule has 3 fully saturated rings. The molecular weight excluding hydrogens is 486 g/mol. The van der Waals surface area contributed by atoms with Crippen molar-refractivity contribution >= 4 is 17.8 Å². The largest absolute Gasteiger partial charge is 0.352 e. The zero-order valence-corrected chi connectivity index (χ0v) is 23.8. The summed E-state index contributed by atoms with van der Waals surface area (Å²) in [6, 6.07) is 11.6. The number of aromatic nitrogens is 2. The number of nitrogens with zero attached hydrogens (tertiary/aromatic N) is 4. The van der Waals surface area contributed by atoms with E-state index in [-0.39, 0.29) is 29.8 Å². The highest BCUT2D eigenvalue weighted by atomic mass is 16.2. The van der Waals surface area contributed by atoms with Crippen LogP contribution in [0.15, 0.2) is 36.4 Å². The first-order chi connectivity index (χ1) is 19.0. The maximum Gasteiger partial charge on any atom is 0.273 e. The van der Waals surface area contributed by atoms with Crippen LogP contribution < -0.4 is 10.2 Å². The predicted molar refractivity (Wildman–Crippen MR) is 156 cm³/mol. The van der Waals surface area contributed by atoms with E-state index in [1.54, 1.807) is 0 Å². The molecule has 0 spiro atoms. The van der Waals surface area contributed by atoms with Gasteiger partial charge < -0.3 is 15.1 Å². The Morgan fingerprint density at radius 1 is 0.872 bits per heavy atom. The molecule has 1 aromatic carbocycles. The third-order valence-electron chi connectivity index (χ3n) is 8.75. The van der Waals surface area contributed by atoms with Crippen LogP contribution in [0.1, 0.15) is 101 Å². The summed E-state index contributed by atoms with van der Waals surface area (Å²) in [6.45, 7) is 5.94. The number of amides is 2. The lowest BCUT2D eigenvalue weighted by molar-refractivity contribution is -0.129. The molecule has 1 aromatic heterocycles. The highest BCUT2D eigenvalue weighted by molar-refractivity contribution is 5.97. The van der Waals surface area contributed by atoms with E-state index < -0.39 is 6.04 Å². The molecule has 2 heterocycles. The second kappa shape index (κ2) is 12.9. The summed E-state index contributed by atoms with van der Waals surface area (Å²) in [4.78, 5) is 42.3. The Balaban J connectivity index is 1.52. The van der Waals surface area contributed by atoms with E-state index in [9.17, 15) is 9.59 Å². The van der Waals surface area contributed by atoms with E-state index in [0.717, 1.165) is 88.6 Å². The molecule has 1 aliphatic heterocycles. The van der Waals surface area contributed by atoms with Crippen molar-refractivity contribution in [2.75, 3.05) is 18.0 Å². The van der Waals surface area contributed by atoms with Crippen LogP contribution in [0.25, 0.3) is 11.3 Å². The molecule has 1 N–H and O–H groups in total. The summed E-state index contributed by atoms with van der Waals surface area (Å²) < 4.78 is 0. The van der Waals surface area contributed by atoms with Gasteiger partial charge in [-0.25, -0.2) is 9.97 Å². The molecule has 1 saturated heterocycles. The normalized spacial score (nSPS) is 19.7. The summed E-state index contributed by atoms with van der Waals surface area (Å²) in [6.07, 6.45) is 13.0. The SMILES string of the molecule is CC(C)[C@@H](C(=O)NC1CCCCC1)N(C(=O)c1cc(-c2ccccc2)nc(N2CCCC2)n1)C1CCCCC1. The molecule has 2 saturated carbocycles. The van der Waals surface area contributed by atoms with Crippen LogP contribution in [0.4, 0.5) is 5.95 Å². The molecule has 2 aliphatic carbocycles. The van der Waals surface area contributed by atoms with Crippen molar-refractivity contribution in [3.05, 3.63) is 42.1 Å². The molecule has 1 atom stereocenters. The van der Waals surface area contributed by atoms with Crippen LogP contribution >= 0.6 is 0 Å². The average molecular weight is 532 g/mol. The molecule has 7 nitrogen and oxygen atoms in total. The zero-order chi connectivity index (χ0) is 27.2. The first-order valence-corrected chi connectivity index (χ1v) is 15.3. The number of nitrogens with one attached hydrogen (secondary N) is 1. The van der Waals surface area contributed by atoms with Gasteiger partial charge in [0, 0.05) is 30.7 Å². The van der Waals surface area contributed by atoms with Crippen LogP contribution in [-0.4, -0.2) is 57.9 Å². The third-order valence-corrected chi connectivity index (χ3v) is 8.75. The first kappa shape index (κ1) is 27.6. The van der Waals surface area contributed by atoms with Gasteiger partial charge in [-0.3, -0.25) is 9.59 Å². The van der Waals surface area contributed by atoms with E-state index in [4.69, 9.17) is 9.97 Å². The van der Waals surface area contributed by atoms with Gasteiger partial charge in [0.05, 0.1) is 5.69 Å². The molecular formula is C32H45N5O2. The van der Waals surface area contributed by atoms with Crippen LogP contribution in [0.2, 0.25) is 0 Å². The summed E-state index contributed by atoms with van der Waals surface area (Å²) in [7, 11) is 0. The quantitative estimate of drug-likeness (QED) is 0.453. The Morgan fingerprint density at radius 2 is 1.51 bits per heavy atom. The fraction of sp³-hybridized carbons (Fsp3) is 0.625. The van der Waals surface area contributed by atoms with E-state index in [2.05, 4.69) is 24.1 Å². The van der Waals surface area contributed by atoms with E-state index >= 15 is 0 Å². The molecule has 0 unspecified atom stereocenters.